The van der Waals surface area contributed by atoms with Gasteiger partial charge in [-0.25, -0.2) is 0 Å². The largest absolute Gasteiger partial charge is 0.488 e. The van der Waals surface area contributed by atoms with Crippen molar-refractivity contribution in [2.45, 2.75) is 24.4 Å². The van der Waals surface area contributed by atoms with Crippen LogP contribution < -0.4 is 21.7 Å². The Balaban J connectivity index is 2.01. The highest BCUT2D eigenvalue weighted by Gasteiger charge is 2.32. The lowest BCUT2D eigenvalue weighted by molar-refractivity contribution is -0.136. The lowest BCUT2D eigenvalue weighted by Gasteiger charge is -2.22. The molecule has 0 radical (unpaired) electrons. The number of piperidine rings is 1. The molecule has 1 fully saturated rings. The van der Waals surface area contributed by atoms with Crippen molar-refractivity contribution in [3.63, 3.8) is 0 Å². The number of thioether (sulfide) groups is 1. The number of nitrogens with two attached hydrogens (primary N) is 1. The Morgan fingerprint density at radius 2 is 2.26 bits per heavy atom. The van der Waals surface area contributed by atoms with Gasteiger partial charge in [-0.05, 0) is 18.2 Å². The van der Waals surface area contributed by atoms with E-state index in [0.29, 0.717) is 5.09 Å². The van der Waals surface area contributed by atoms with Crippen molar-refractivity contribution < 1.29 is 19.1 Å². The summed E-state index contributed by atoms with van der Waals surface area (Å²) in [5, 5.41) is 7.84. The number of hydrogen-bond acceptors (Lipinski definition) is 7. The Bertz CT molecular complexity index is 464. The second-order valence-electron chi connectivity index (χ2n) is 4.03. The molecule has 1 saturated heterocycles. The first-order valence-corrected chi connectivity index (χ1v) is 6.51. The molecule has 0 aromatic heterocycles. The van der Waals surface area contributed by atoms with E-state index in [4.69, 9.17) is 10.5 Å². The minimum atomic E-state index is -0.723. The number of methoxy groups -OCH3 is 1. The zero-order chi connectivity index (χ0) is 14.0. The van der Waals surface area contributed by atoms with E-state index in [-0.39, 0.29) is 24.4 Å². The molecular weight excluding hydrogens is 272 g/mol. The molecule has 2 heterocycles. The van der Waals surface area contributed by atoms with Gasteiger partial charge in [0.25, 0.3) is 5.91 Å². The van der Waals surface area contributed by atoms with E-state index in [0.717, 1.165) is 0 Å². The van der Waals surface area contributed by atoms with Gasteiger partial charge in [0.2, 0.25) is 11.8 Å². The van der Waals surface area contributed by atoms with Crippen LogP contribution in [0.3, 0.4) is 0 Å². The minimum Gasteiger partial charge on any atom is -0.488 e. The molecule has 2 aliphatic rings. The summed E-state index contributed by atoms with van der Waals surface area (Å²) in [6.07, 6.45) is 0.486. The van der Waals surface area contributed by atoms with Crippen LogP contribution in [0.1, 0.15) is 12.8 Å². The molecule has 0 aliphatic carbocycles. The first-order valence-electron chi connectivity index (χ1n) is 5.63. The smallest absolute Gasteiger partial charge is 0.272 e. The van der Waals surface area contributed by atoms with Crippen LogP contribution in [-0.2, 0) is 19.1 Å². The second-order valence-corrected chi connectivity index (χ2v) is 5.14. The van der Waals surface area contributed by atoms with Gasteiger partial charge in [-0.1, -0.05) is 0 Å². The Kier molecular flexibility index (Phi) is 3.96. The minimum absolute atomic E-state index is 0.199. The number of nitrogens with one attached hydrogen (secondary N) is 3. The van der Waals surface area contributed by atoms with Crippen molar-refractivity contribution in [1.82, 2.24) is 16.0 Å². The topological polar surface area (TPSA) is 123 Å². The molecule has 2 rings (SSSR count). The van der Waals surface area contributed by atoms with Crippen LogP contribution >= 0.6 is 11.8 Å². The average Bonchev–Trinajstić information content (AvgIpc) is 2.74. The highest BCUT2D eigenvalue weighted by molar-refractivity contribution is 8.03. The molecule has 0 aromatic carbocycles. The fraction of sp³-hybridized carbons (Fsp3) is 0.500. The molecule has 5 N–H and O–H groups in total. The van der Waals surface area contributed by atoms with E-state index in [1.54, 1.807) is 0 Å². The molecule has 2 atom stereocenters. The number of amides is 3. The number of hydrogen-bond donors (Lipinski definition) is 4. The summed E-state index contributed by atoms with van der Waals surface area (Å²) < 4.78 is 5.03. The van der Waals surface area contributed by atoms with Crippen LogP contribution in [0.5, 0.6) is 0 Å². The quantitative estimate of drug-likeness (QED) is 0.456. The molecule has 0 spiro atoms. The zero-order valence-corrected chi connectivity index (χ0v) is 11.0. The Morgan fingerprint density at radius 3 is 2.89 bits per heavy atom. The molecule has 8 nitrogen and oxygen atoms in total. The van der Waals surface area contributed by atoms with Gasteiger partial charge < -0.3 is 21.1 Å². The first-order chi connectivity index (χ1) is 9.01. The summed E-state index contributed by atoms with van der Waals surface area (Å²) in [7, 11) is 1.43. The molecule has 9 heteroatoms. The van der Waals surface area contributed by atoms with E-state index in [1.165, 1.54) is 18.9 Å². The van der Waals surface area contributed by atoms with Crippen LogP contribution in [-0.4, -0.2) is 36.4 Å². The number of imide groups is 1. The predicted molar refractivity (Wildman–Crippen MR) is 67.1 cm³/mol. The van der Waals surface area contributed by atoms with Gasteiger partial charge in [0.1, 0.15) is 11.5 Å². The predicted octanol–water partition coefficient (Wildman–Crippen LogP) is -1.70. The molecule has 2 unspecified atom stereocenters. The van der Waals surface area contributed by atoms with E-state index in [2.05, 4.69) is 16.0 Å². The van der Waals surface area contributed by atoms with Gasteiger partial charge in [0.15, 0.2) is 10.8 Å². The second kappa shape index (κ2) is 5.49. The summed E-state index contributed by atoms with van der Waals surface area (Å²) in [5.41, 5.74) is 5.37. The first kappa shape index (κ1) is 13.7. The van der Waals surface area contributed by atoms with Crippen molar-refractivity contribution in [1.29, 1.82) is 0 Å². The summed E-state index contributed by atoms with van der Waals surface area (Å²) in [5.74, 6) is -1.31. The molecular formula is C10H14N4O4S. The van der Waals surface area contributed by atoms with Crippen LogP contribution in [0.25, 0.3) is 0 Å². The van der Waals surface area contributed by atoms with Crippen molar-refractivity contribution in [3.8, 4) is 0 Å². The third kappa shape index (κ3) is 2.99. The van der Waals surface area contributed by atoms with Crippen LogP contribution in [0.15, 0.2) is 10.8 Å². The van der Waals surface area contributed by atoms with Gasteiger partial charge in [-0.15, -0.1) is 0 Å². The molecule has 2 aliphatic heterocycles. The fourth-order valence-corrected chi connectivity index (χ4v) is 2.55. The number of carbonyl (C=O) groups excluding carboxylic acids is 3. The maximum absolute atomic E-state index is 12.0. The maximum Gasteiger partial charge on any atom is 0.272 e. The maximum atomic E-state index is 12.0. The van der Waals surface area contributed by atoms with E-state index < -0.39 is 23.4 Å². The summed E-state index contributed by atoms with van der Waals surface area (Å²) in [6, 6.07) is -0.723. The lowest BCUT2D eigenvalue weighted by atomic mass is 10.1. The van der Waals surface area contributed by atoms with Gasteiger partial charge >= 0.3 is 0 Å². The molecule has 0 saturated carbocycles. The fourth-order valence-electron chi connectivity index (χ4n) is 1.77. The van der Waals surface area contributed by atoms with Gasteiger partial charge in [-0.3, -0.25) is 19.7 Å². The van der Waals surface area contributed by atoms with Crippen molar-refractivity contribution in [3.05, 3.63) is 10.8 Å². The third-order valence-electron chi connectivity index (χ3n) is 2.68. The normalized spacial score (nSPS) is 26.8. The zero-order valence-electron chi connectivity index (χ0n) is 10.2. The van der Waals surface area contributed by atoms with Crippen LogP contribution in [0, 0.1) is 0 Å². The highest BCUT2D eigenvalue weighted by atomic mass is 32.2. The Hall–Kier alpha value is -1.74. The standard InChI is InChI=1S/C10H14N4O4S/c1-18-9-6(14-10(11)19-9)8(17)12-4-2-3-5(15)13-7(4)16/h4,10,14H,2-3,11H2,1H3,(H,12,17)(H,13,15,16). The lowest BCUT2D eigenvalue weighted by Crippen LogP contribution is -2.53. The summed E-state index contributed by atoms with van der Waals surface area (Å²) in [6.45, 7) is 0. The molecule has 0 aromatic rings. The average molecular weight is 286 g/mol. The van der Waals surface area contributed by atoms with Crippen molar-refractivity contribution in [2.75, 3.05) is 7.11 Å². The number of ether oxygens (including phenoxy) is 1. The van der Waals surface area contributed by atoms with E-state index in [9.17, 15) is 14.4 Å². The number of carbonyl (C=O) groups is 3. The van der Waals surface area contributed by atoms with E-state index >= 15 is 0 Å². The molecule has 3 amide bonds. The van der Waals surface area contributed by atoms with Gasteiger partial charge in [0, 0.05) is 6.42 Å². The van der Waals surface area contributed by atoms with Crippen LogP contribution in [0.2, 0.25) is 0 Å². The molecule has 104 valence electrons. The number of rotatable bonds is 3. The Morgan fingerprint density at radius 1 is 1.53 bits per heavy atom. The van der Waals surface area contributed by atoms with E-state index in [1.807, 2.05) is 0 Å². The van der Waals surface area contributed by atoms with Crippen molar-refractivity contribution in [2.24, 2.45) is 5.73 Å². The third-order valence-corrected chi connectivity index (χ3v) is 3.64. The van der Waals surface area contributed by atoms with Gasteiger partial charge in [0.05, 0.1) is 7.11 Å². The van der Waals surface area contributed by atoms with Gasteiger partial charge in [-0.2, -0.15) is 0 Å². The van der Waals surface area contributed by atoms with Crippen LogP contribution in [0.4, 0.5) is 0 Å². The highest BCUT2D eigenvalue weighted by Crippen LogP contribution is 2.28. The molecule has 19 heavy (non-hydrogen) atoms. The summed E-state index contributed by atoms with van der Waals surface area (Å²) >= 11 is 1.17. The van der Waals surface area contributed by atoms with Crippen molar-refractivity contribution >= 4 is 29.5 Å². The SMILES string of the molecule is COC1=C(C(=O)NC2CCC(=O)NC2=O)NC(N)S1. The summed E-state index contributed by atoms with van der Waals surface area (Å²) in [4.78, 5) is 34.5. The molecule has 0 bridgehead atoms. The monoisotopic (exact) mass is 286 g/mol. The Labute approximate surface area is 113 Å².